The van der Waals surface area contributed by atoms with E-state index in [2.05, 4.69) is 5.10 Å². The molecule has 0 aliphatic carbocycles. The van der Waals surface area contributed by atoms with Gasteiger partial charge in [-0.25, -0.2) is 4.39 Å². The quantitative estimate of drug-likeness (QED) is 0.373. The minimum Gasteiger partial charge on any atom is -0.385 e. The van der Waals surface area contributed by atoms with Crippen molar-refractivity contribution in [2.24, 2.45) is 0 Å². The van der Waals surface area contributed by atoms with Gasteiger partial charge in [-0.2, -0.15) is 9.78 Å². The number of aryl methyl sites for hydroxylation is 1. The number of nitrogens with zero attached hydrogens (tertiary/aromatic N) is 5. The number of anilines is 1. The van der Waals surface area contributed by atoms with Crippen molar-refractivity contribution in [2.75, 3.05) is 44.8 Å². The molecule has 3 aliphatic rings. The number of methoxy groups -OCH3 is 1. The second kappa shape index (κ2) is 10.3. The van der Waals surface area contributed by atoms with Gasteiger partial charge in [0.15, 0.2) is 0 Å². The first-order chi connectivity index (χ1) is 17.6. The van der Waals surface area contributed by atoms with Gasteiger partial charge in [-0.05, 0) is 30.7 Å². The Hall–Kier alpha value is -3.98. The number of carbonyl (C=O) groups excluding carboxylic acids is 1. The molecule has 2 aromatic carbocycles. The Bertz CT molecular complexity index is 1380. The molecule has 0 aromatic heterocycles. The molecule has 0 N–H and O–H groups in total. The highest BCUT2D eigenvalue weighted by atomic mass is 19.1. The topological polar surface area (TPSA) is 72.6 Å². The minimum atomic E-state index is -0.270. The van der Waals surface area contributed by atoms with Crippen molar-refractivity contribution in [3.8, 4) is 16.9 Å². The van der Waals surface area contributed by atoms with Gasteiger partial charge in [0.2, 0.25) is 0 Å². The van der Waals surface area contributed by atoms with Gasteiger partial charge in [-0.1, -0.05) is 30.3 Å². The van der Waals surface area contributed by atoms with E-state index < -0.39 is 0 Å². The van der Waals surface area contributed by atoms with Gasteiger partial charge < -0.3 is 19.1 Å². The third-order valence-electron chi connectivity index (χ3n) is 6.48. The molecule has 0 unspecified atom stereocenters. The lowest BCUT2D eigenvalue weighted by molar-refractivity contribution is 0.0746. The van der Waals surface area contributed by atoms with Crippen molar-refractivity contribution < 1.29 is 13.9 Å². The van der Waals surface area contributed by atoms with Crippen LogP contribution in [0.2, 0.25) is 0 Å². The Kier molecular flexibility index (Phi) is 6.81. The smallest absolute Gasteiger partial charge is 0.282 e. The Morgan fingerprint density at radius 2 is 1.72 bits per heavy atom. The highest BCUT2D eigenvalue weighted by Gasteiger charge is 2.29. The van der Waals surface area contributed by atoms with E-state index in [-0.39, 0.29) is 17.3 Å². The molecule has 0 saturated carbocycles. The summed E-state index contributed by atoms with van der Waals surface area (Å²) in [6.45, 7) is 3.08. The summed E-state index contributed by atoms with van der Waals surface area (Å²) in [6, 6.07) is 15.8. The number of amides is 1. The molecular weight excluding hydrogens is 461 g/mol. The lowest BCUT2D eigenvalue weighted by atomic mass is 10.1. The molecule has 0 radical (unpaired) electrons. The van der Waals surface area contributed by atoms with E-state index in [1.54, 1.807) is 36.5 Å². The number of para-hydroxylation sites is 2. The molecule has 1 fully saturated rings. The molecular formula is C27H28FN5O3. The summed E-state index contributed by atoms with van der Waals surface area (Å²) in [6.07, 6.45) is 4.26. The Morgan fingerprint density at radius 1 is 1.00 bits per heavy atom. The van der Waals surface area contributed by atoms with E-state index in [1.807, 2.05) is 45.9 Å². The number of hydrogen-bond acceptors (Lipinski definition) is 5. The average Bonchev–Trinajstić information content (AvgIpc) is 3.25. The molecule has 2 aromatic rings. The molecule has 0 spiro atoms. The minimum absolute atomic E-state index is 0.188. The van der Waals surface area contributed by atoms with Crippen molar-refractivity contribution in [3.63, 3.8) is 0 Å². The number of halogens is 1. The van der Waals surface area contributed by atoms with Gasteiger partial charge in [0, 0.05) is 58.8 Å². The molecule has 5 rings (SSSR count). The maximum absolute atomic E-state index is 14.2. The van der Waals surface area contributed by atoms with Crippen LogP contribution in [0.4, 0.5) is 10.1 Å². The highest BCUT2D eigenvalue weighted by molar-refractivity contribution is 6.00. The predicted octanol–water partition coefficient (Wildman–Crippen LogP) is 3.28. The third-order valence-corrected chi connectivity index (χ3v) is 6.48. The Labute approximate surface area is 208 Å². The van der Waals surface area contributed by atoms with E-state index in [1.165, 1.54) is 10.7 Å². The van der Waals surface area contributed by atoms with Crippen LogP contribution >= 0.6 is 0 Å². The van der Waals surface area contributed by atoms with Crippen molar-refractivity contribution in [1.29, 1.82) is 0 Å². The van der Waals surface area contributed by atoms with Crippen molar-refractivity contribution in [3.05, 3.63) is 88.7 Å². The molecule has 0 bridgehead atoms. The van der Waals surface area contributed by atoms with E-state index in [0.717, 1.165) is 6.42 Å². The number of fused-ring (bicyclic) bond motifs is 1. The first-order valence-corrected chi connectivity index (χ1v) is 12.0. The molecule has 186 valence electrons. The molecule has 1 saturated heterocycles. The third kappa shape index (κ3) is 4.61. The van der Waals surface area contributed by atoms with Crippen LogP contribution in [0.25, 0.3) is 16.9 Å². The summed E-state index contributed by atoms with van der Waals surface area (Å²) in [4.78, 5) is 30.7. The normalized spacial score (nSPS) is 13.9. The zero-order valence-corrected chi connectivity index (χ0v) is 20.1. The lowest BCUT2D eigenvalue weighted by Crippen LogP contribution is -2.49. The maximum Gasteiger partial charge on any atom is 0.282 e. The summed E-state index contributed by atoms with van der Waals surface area (Å²) < 4.78 is 22.6. The predicted molar refractivity (Wildman–Crippen MR) is 135 cm³/mol. The summed E-state index contributed by atoms with van der Waals surface area (Å²) >= 11 is 0. The molecule has 0 atom stereocenters. The monoisotopic (exact) mass is 489 g/mol. The van der Waals surface area contributed by atoms with Crippen molar-refractivity contribution >= 4 is 11.6 Å². The second-order valence-corrected chi connectivity index (χ2v) is 8.80. The average molecular weight is 490 g/mol. The summed E-state index contributed by atoms with van der Waals surface area (Å²) in [5.74, 6) is -0.458. The molecule has 36 heavy (non-hydrogen) atoms. The first-order valence-electron chi connectivity index (χ1n) is 12.0. The number of ether oxygens (including phenoxy) is 1. The summed E-state index contributed by atoms with van der Waals surface area (Å²) in [7, 11) is 1.64. The SMILES string of the molecule is COCCCn1cc(C(=O)N2CCN(c3ccccc3F)CC2)c2nn(-c3ccccc3)c(=O)c-2c1. The van der Waals surface area contributed by atoms with Crippen LogP contribution < -0.4 is 10.5 Å². The number of aromatic nitrogens is 3. The lowest BCUT2D eigenvalue weighted by Gasteiger charge is -2.36. The highest BCUT2D eigenvalue weighted by Crippen LogP contribution is 2.26. The van der Waals surface area contributed by atoms with Gasteiger partial charge in [0.1, 0.15) is 11.5 Å². The summed E-state index contributed by atoms with van der Waals surface area (Å²) in [5.41, 5.74) is 2.08. The number of rotatable bonds is 7. The largest absolute Gasteiger partial charge is 0.385 e. The maximum atomic E-state index is 14.2. The van der Waals surface area contributed by atoms with E-state index in [9.17, 15) is 14.0 Å². The van der Waals surface area contributed by atoms with Crippen LogP contribution in [0, 0.1) is 5.82 Å². The summed E-state index contributed by atoms with van der Waals surface area (Å²) in [5, 5.41) is 4.57. The van der Waals surface area contributed by atoms with E-state index in [0.29, 0.717) is 67.5 Å². The number of piperazine rings is 1. The van der Waals surface area contributed by atoms with Crippen molar-refractivity contribution in [2.45, 2.75) is 13.0 Å². The number of pyridine rings is 1. The molecule has 3 heterocycles. The Morgan fingerprint density at radius 3 is 2.44 bits per heavy atom. The van der Waals surface area contributed by atoms with Gasteiger partial charge >= 0.3 is 0 Å². The molecule has 8 nitrogen and oxygen atoms in total. The molecule has 3 aliphatic heterocycles. The Balaban J connectivity index is 1.46. The van der Waals surface area contributed by atoms with Gasteiger partial charge in [0.05, 0.1) is 22.5 Å². The number of hydrogen-bond donors (Lipinski definition) is 0. The van der Waals surface area contributed by atoms with Crippen LogP contribution in [0.3, 0.4) is 0 Å². The van der Waals surface area contributed by atoms with Gasteiger partial charge in [0.25, 0.3) is 11.5 Å². The van der Waals surface area contributed by atoms with E-state index in [4.69, 9.17) is 4.74 Å². The van der Waals surface area contributed by atoms with E-state index >= 15 is 0 Å². The number of benzene rings is 2. The van der Waals surface area contributed by atoms with Crippen LogP contribution in [0.5, 0.6) is 0 Å². The fourth-order valence-corrected chi connectivity index (χ4v) is 4.61. The van der Waals surface area contributed by atoms with Crippen LogP contribution in [-0.2, 0) is 11.3 Å². The second-order valence-electron chi connectivity index (χ2n) is 8.80. The zero-order valence-electron chi connectivity index (χ0n) is 20.1. The van der Waals surface area contributed by atoms with Crippen molar-refractivity contribution in [1.82, 2.24) is 19.2 Å². The molecule has 1 amide bonds. The van der Waals surface area contributed by atoms with Gasteiger partial charge in [-0.15, -0.1) is 0 Å². The zero-order chi connectivity index (χ0) is 25.1. The van der Waals surface area contributed by atoms with Crippen LogP contribution in [0.1, 0.15) is 16.8 Å². The van der Waals surface area contributed by atoms with Gasteiger partial charge in [-0.3, -0.25) is 9.59 Å². The standard InChI is InChI=1S/C27H28FN5O3/c1-36-17-7-12-30-18-21(25-22(19-30)27(35)33(29-25)20-8-3-2-4-9-20)26(34)32-15-13-31(14-16-32)24-11-6-5-10-23(24)28/h2-6,8-11,18-19H,7,12-17H2,1H3. The fourth-order valence-electron chi connectivity index (χ4n) is 4.61. The first kappa shape index (κ1) is 23.7. The van der Waals surface area contributed by atoms with Crippen LogP contribution in [0.15, 0.2) is 71.8 Å². The molecule has 9 heteroatoms. The van der Waals surface area contributed by atoms with Crippen LogP contribution in [-0.4, -0.2) is 65.1 Å². The fraction of sp³-hybridized carbons (Fsp3) is 0.296. The number of carbonyl (C=O) groups is 1.